The average molecular weight is 243 g/mol. The minimum atomic E-state index is -0.187. The number of amides is 1. The fraction of sp³-hybridized carbons (Fsp3) is 0.214. The molecule has 0 saturated heterocycles. The molecule has 1 aromatic heterocycles. The second-order valence-corrected chi connectivity index (χ2v) is 4.83. The van der Waals surface area contributed by atoms with Crippen molar-refractivity contribution in [1.29, 1.82) is 0 Å². The highest BCUT2D eigenvalue weighted by Gasteiger charge is 2.12. The molecule has 0 saturated carbocycles. The van der Waals surface area contributed by atoms with Gasteiger partial charge in [-0.1, -0.05) is 31.0 Å². The quantitative estimate of drug-likeness (QED) is 0.825. The van der Waals surface area contributed by atoms with E-state index >= 15 is 0 Å². The van der Waals surface area contributed by atoms with E-state index in [0.29, 0.717) is 4.88 Å². The molecule has 1 atom stereocenters. The molecule has 2 rings (SSSR count). The number of hydrogen-bond acceptors (Lipinski definition) is 2. The van der Waals surface area contributed by atoms with Crippen LogP contribution in [0, 0.1) is 12.3 Å². The molecule has 1 unspecified atom stereocenters. The van der Waals surface area contributed by atoms with Gasteiger partial charge in [-0.05, 0) is 23.9 Å². The SMILES string of the molecule is C#CC(CC)NC(=O)c1cc2ccccc2s1. The van der Waals surface area contributed by atoms with Crippen molar-refractivity contribution in [2.24, 2.45) is 0 Å². The lowest BCUT2D eigenvalue weighted by Gasteiger charge is -2.08. The van der Waals surface area contributed by atoms with Crippen LogP contribution in [0.25, 0.3) is 10.1 Å². The molecule has 0 spiro atoms. The molecular formula is C14H13NOS. The number of terminal acetylenes is 1. The minimum absolute atomic E-state index is 0.0870. The summed E-state index contributed by atoms with van der Waals surface area (Å²) in [5, 5.41) is 3.92. The maximum absolute atomic E-state index is 11.9. The van der Waals surface area contributed by atoms with Gasteiger partial charge in [-0.3, -0.25) is 4.79 Å². The number of fused-ring (bicyclic) bond motifs is 1. The minimum Gasteiger partial charge on any atom is -0.338 e. The Balaban J connectivity index is 2.22. The van der Waals surface area contributed by atoms with E-state index in [4.69, 9.17) is 6.42 Å². The summed E-state index contributed by atoms with van der Waals surface area (Å²) in [7, 11) is 0. The predicted octanol–water partition coefficient (Wildman–Crippen LogP) is 3.04. The van der Waals surface area contributed by atoms with E-state index in [0.717, 1.165) is 16.5 Å². The van der Waals surface area contributed by atoms with Crippen molar-refractivity contribution in [2.75, 3.05) is 0 Å². The summed E-state index contributed by atoms with van der Waals surface area (Å²) < 4.78 is 1.12. The summed E-state index contributed by atoms with van der Waals surface area (Å²) in [4.78, 5) is 12.7. The fourth-order valence-electron chi connectivity index (χ4n) is 1.58. The average Bonchev–Trinajstić information content (AvgIpc) is 2.79. The van der Waals surface area contributed by atoms with Gasteiger partial charge >= 0.3 is 0 Å². The summed E-state index contributed by atoms with van der Waals surface area (Å²) >= 11 is 1.49. The van der Waals surface area contributed by atoms with Gasteiger partial charge in [-0.25, -0.2) is 0 Å². The third-order valence-electron chi connectivity index (χ3n) is 2.56. The van der Waals surface area contributed by atoms with E-state index in [9.17, 15) is 4.79 Å². The molecule has 0 aliphatic rings. The number of nitrogens with one attached hydrogen (secondary N) is 1. The summed E-state index contributed by atoms with van der Waals surface area (Å²) in [6.07, 6.45) is 6.07. The van der Waals surface area contributed by atoms with Crippen LogP contribution in [0.15, 0.2) is 30.3 Å². The second kappa shape index (κ2) is 5.03. The Morgan fingerprint density at radius 2 is 2.29 bits per heavy atom. The molecule has 1 aromatic carbocycles. The summed E-state index contributed by atoms with van der Waals surface area (Å²) in [5.74, 6) is 2.47. The second-order valence-electron chi connectivity index (χ2n) is 3.75. The zero-order chi connectivity index (χ0) is 12.3. The van der Waals surface area contributed by atoms with E-state index in [2.05, 4.69) is 11.2 Å². The van der Waals surface area contributed by atoms with Gasteiger partial charge < -0.3 is 5.32 Å². The Morgan fingerprint density at radius 1 is 1.53 bits per heavy atom. The molecule has 0 aliphatic heterocycles. The van der Waals surface area contributed by atoms with Crippen LogP contribution >= 0.6 is 11.3 Å². The van der Waals surface area contributed by atoms with Crippen LogP contribution in [-0.4, -0.2) is 11.9 Å². The van der Waals surface area contributed by atoms with Crippen LogP contribution in [0.1, 0.15) is 23.0 Å². The molecule has 86 valence electrons. The third kappa shape index (κ3) is 2.48. The first kappa shape index (κ1) is 11.7. The highest BCUT2D eigenvalue weighted by Crippen LogP contribution is 2.25. The smallest absolute Gasteiger partial charge is 0.262 e. The first-order valence-corrected chi connectivity index (χ1v) is 6.31. The predicted molar refractivity (Wildman–Crippen MR) is 72.2 cm³/mol. The van der Waals surface area contributed by atoms with E-state index in [1.807, 2.05) is 37.3 Å². The van der Waals surface area contributed by atoms with E-state index in [1.165, 1.54) is 11.3 Å². The van der Waals surface area contributed by atoms with Gasteiger partial charge in [0.1, 0.15) is 0 Å². The highest BCUT2D eigenvalue weighted by atomic mass is 32.1. The van der Waals surface area contributed by atoms with Gasteiger partial charge in [0.05, 0.1) is 10.9 Å². The summed E-state index contributed by atoms with van der Waals surface area (Å²) in [6.45, 7) is 1.95. The molecule has 2 aromatic rings. The van der Waals surface area contributed by atoms with Crippen LogP contribution in [0.5, 0.6) is 0 Å². The summed E-state index contributed by atoms with van der Waals surface area (Å²) in [5.41, 5.74) is 0. The lowest BCUT2D eigenvalue weighted by atomic mass is 10.2. The van der Waals surface area contributed by atoms with E-state index in [-0.39, 0.29) is 11.9 Å². The zero-order valence-corrected chi connectivity index (χ0v) is 10.4. The van der Waals surface area contributed by atoms with E-state index in [1.54, 1.807) is 0 Å². The lowest BCUT2D eigenvalue weighted by Crippen LogP contribution is -2.32. The van der Waals surface area contributed by atoms with Crippen LogP contribution in [0.3, 0.4) is 0 Å². The van der Waals surface area contributed by atoms with Crippen LogP contribution in [-0.2, 0) is 0 Å². The molecule has 0 fully saturated rings. The Kier molecular flexibility index (Phi) is 3.46. The lowest BCUT2D eigenvalue weighted by molar-refractivity contribution is 0.0949. The molecular weight excluding hydrogens is 230 g/mol. The van der Waals surface area contributed by atoms with Crippen molar-refractivity contribution in [2.45, 2.75) is 19.4 Å². The van der Waals surface area contributed by atoms with Crippen LogP contribution in [0.4, 0.5) is 0 Å². The molecule has 2 nitrogen and oxygen atoms in total. The number of carbonyl (C=O) groups excluding carboxylic acids is 1. The topological polar surface area (TPSA) is 29.1 Å². The van der Waals surface area contributed by atoms with Crippen molar-refractivity contribution in [3.8, 4) is 12.3 Å². The number of carbonyl (C=O) groups is 1. The molecule has 0 bridgehead atoms. The Hall–Kier alpha value is -1.79. The first-order chi connectivity index (χ1) is 8.24. The molecule has 1 N–H and O–H groups in total. The molecule has 1 amide bonds. The third-order valence-corrected chi connectivity index (χ3v) is 3.68. The van der Waals surface area contributed by atoms with Gasteiger partial charge in [0.2, 0.25) is 0 Å². The van der Waals surface area contributed by atoms with Crippen LogP contribution in [0.2, 0.25) is 0 Å². The van der Waals surface area contributed by atoms with Gasteiger partial charge in [-0.15, -0.1) is 17.8 Å². The normalized spacial score (nSPS) is 12.0. The van der Waals surface area contributed by atoms with Gasteiger partial charge in [0.15, 0.2) is 0 Å². The molecule has 17 heavy (non-hydrogen) atoms. The molecule has 0 radical (unpaired) electrons. The van der Waals surface area contributed by atoms with Crippen LogP contribution < -0.4 is 5.32 Å². The largest absolute Gasteiger partial charge is 0.338 e. The van der Waals surface area contributed by atoms with Crippen molar-refractivity contribution >= 4 is 27.3 Å². The monoisotopic (exact) mass is 243 g/mol. The maximum atomic E-state index is 11.9. The molecule has 0 aliphatic carbocycles. The maximum Gasteiger partial charge on any atom is 0.262 e. The van der Waals surface area contributed by atoms with Gasteiger partial charge in [0.25, 0.3) is 5.91 Å². The van der Waals surface area contributed by atoms with Gasteiger partial charge in [0, 0.05) is 4.70 Å². The molecule has 1 heterocycles. The van der Waals surface area contributed by atoms with Crippen molar-refractivity contribution < 1.29 is 4.79 Å². The zero-order valence-electron chi connectivity index (χ0n) is 9.57. The van der Waals surface area contributed by atoms with Crippen molar-refractivity contribution in [1.82, 2.24) is 5.32 Å². The Labute approximate surface area is 105 Å². The first-order valence-electron chi connectivity index (χ1n) is 5.50. The number of benzene rings is 1. The Morgan fingerprint density at radius 3 is 2.94 bits per heavy atom. The van der Waals surface area contributed by atoms with Gasteiger partial charge in [-0.2, -0.15) is 0 Å². The summed E-state index contributed by atoms with van der Waals surface area (Å²) in [6, 6.07) is 9.66. The highest BCUT2D eigenvalue weighted by molar-refractivity contribution is 7.20. The van der Waals surface area contributed by atoms with Crippen molar-refractivity contribution in [3.63, 3.8) is 0 Å². The molecule has 3 heteroatoms. The number of hydrogen-bond donors (Lipinski definition) is 1. The van der Waals surface area contributed by atoms with E-state index < -0.39 is 0 Å². The number of thiophene rings is 1. The Bertz CT molecular complexity index is 546. The fourth-order valence-corrected chi connectivity index (χ4v) is 2.55. The standard InChI is InChI=1S/C14H13NOS/c1-3-11(4-2)15-14(16)13-9-10-7-5-6-8-12(10)17-13/h1,5-9,11H,4H2,2H3,(H,15,16). The van der Waals surface area contributed by atoms with Crippen molar-refractivity contribution in [3.05, 3.63) is 35.2 Å². The number of rotatable bonds is 3.